The Labute approximate surface area is 215 Å². The second-order valence-electron chi connectivity index (χ2n) is 7.62. The average molecular weight is 512 g/mol. The van der Waals surface area contributed by atoms with Crippen LogP contribution in [0.15, 0.2) is 106 Å². The number of nitrogens with zero attached hydrogens (tertiary/aromatic N) is 6. The van der Waals surface area contributed by atoms with Gasteiger partial charge < -0.3 is 15.8 Å². The number of hydrogen-bond donors (Lipinski definition) is 3. The molecule has 12 heteroatoms. The number of thioether (sulfide) groups is 1. The van der Waals surface area contributed by atoms with Crippen molar-refractivity contribution in [2.75, 3.05) is 5.32 Å². The van der Waals surface area contributed by atoms with Crippen LogP contribution >= 0.6 is 11.8 Å². The number of nitrogens with two attached hydrogens (primary N) is 1. The molecule has 184 valence electrons. The predicted molar refractivity (Wildman–Crippen MR) is 141 cm³/mol. The third kappa shape index (κ3) is 6.38. The fourth-order valence-electron chi connectivity index (χ4n) is 3.28. The Balaban J connectivity index is 1.24. The maximum Gasteiger partial charge on any atom is 0.252 e. The molecule has 0 aliphatic heterocycles. The maximum atomic E-state index is 12.2. The molecule has 0 spiro atoms. The molecule has 0 atom stereocenters. The van der Waals surface area contributed by atoms with Gasteiger partial charge >= 0.3 is 0 Å². The van der Waals surface area contributed by atoms with E-state index in [9.17, 15) is 4.79 Å². The SMILES string of the molecule is N/C(=N\c1nc(CSc2nnnn2-c2ccccc2)cc(=O)[nH]1)Nc1ccc(Oc2ccccc2)cc1. The van der Waals surface area contributed by atoms with E-state index in [0.717, 1.165) is 11.4 Å². The molecule has 0 saturated carbocycles. The summed E-state index contributed by atoms with van der Waals surface area (Å²) in [6.45, 7) is 0. The number of aromatic amines is 1. The Hall–Kier alpha value is -4.97. The monoisotopic (exact) mass is 511 g/mol. The van der Waals surface area contributed by atoms with E-state index in [4.69, 9.17) is 10.5 Å². The smallest absolute Gasteiger partial charge is 0.252 e. The fourth-order valence-corrected chi connectivity index (χ4v) is 4.06. The van der Waals surface area contributed by atoms with Crippen molar-refractivity contribution in [1.82, 2.24) is 30.2 Å². The molecule has 0 bridgehead atoms. The first-order valence-electron chi connectivity index (χ1n) is 11.1. The molecule has 4 N–H and O–H groups in total. The Morgan fingerprint density at radius 3 is 2.46 bits per heavy atom. The van der Waals surface area contributed by atoms with Crippen molar-refractivity contribution >= 4 is 29.4 Å². The lowest BCUT2D eigenvalue weighted by Crippen LogP contribution is -2.22. The van der Waals surface area contributed by atoms with Gasteiger partial charge in [0.05, 0.1) is 11.4 Å². The Kier molecular flexibility index (Phi) is 7.18. The molecule has 0 fully saturated rings. The molecular formula is C25H21N9O2S. The molecule has 0 aliphatic rings. The number of nitrogens with one attached hydrogen (secondary N) is 2. The number of H-pyrrole nitrogens is 1. The molecule has 0 aliphatic carbocycles. The molecule has 11 nitrogen and oxygen atoms in total. The zero-order valence-electron chi connectivity index (χ0n) is 19.4. The molecule has 5 aromatic rings. The summed E-state index contributed by atoms with van der Waals surface area (Å²) in [6.07, 6.45) is 0. The van der Waals surface area contributed by atoms with Gasteiger partial charge in [0.2, 0.25) is 17.1 Å². The highest BCUT2D eigenvalue weighted by Gasteiger charge is 2.10. The fraction of sp³-hybridized carbons (Fsp3) is 0.0400. The highest BCUT2D eigenvalue weighted by molar-refractivity contribution is 7.98. The third-order valence-corrected chi connectivity index (χ3v) is 5.86. The Morgan fingerprint density at radius 2 is 1.70 bits per heavy atom. The number of aromatic nitrogens is 6. The van der Waals surface area contributed by atoms with Crippen LogP contribution in [0.3, 0.4) is 0 Å². The highest BCUT2D eigenvalue weighted by atomic mass is 32.2. The van der Waals surface area contributed by atoms with Gasteiger partial charge in [0.1, 0.15) is 11.5 Å². The van der Waals surface area contributed by atoms with Crippen LogP contribution in [0.2, 0.25) is 0 Å². The number of tetrazole rings is 1. The second kappa shape index (κ2) is 11.2. The molecule has 3 aromatic carbocycles. The number of benzene rings is 3. The molecule has 37 heavy (non-hydrogen) atoms. The summed E-state index contributed by atoms with van der Waals surface area (Å²) in [5, 5.41) is 15.4. The van der Waals surface area contributed by atoms with Crippen LogP contribution in [0.5, 0.6) is 11.5 Å². The number of rotatable bonds is 8. The van der Waals surface area contributed by atoms with Gasteiger partial charge in [0.25, 0.3) is 5.56 Å². The number of para-hydroxylation sites is 2. The summed E-state index contributed by atoms with van der Waals surface area (Å²) in [7, 11) is 0. The second-order valence-corrected chi connectivity index (χ2v) is 8.56. The summed E-state index contributed by atoms with van der Waals surface area (Å²) >= 11 is 1.35. The molecule has 2 heterocycles. The van der Waals surface area contributed by atoms with Gasteiger partial charge in [-0.05, 0) is 59.0 Å². The van der Waals surface area contributed by atoms with E-state index < -0.39 is 0 Å². The number of ether oxygens (including phenoxy) is 1. The van der Waals surface area contributed by atoms with Gasteiger partial charge in [-0.2, -0.15) is 9.67 Å². The minimum Gasteiger partial charge on any atom is -0.457 e. The molecule has 0 saturated heterocycles. The maximum absolute atomic E-state index is 12.2. The van der Waals surface area contributed by atoms with Crippen molar-refractivity contribution in [3.63, 3.8) is 0 Å². The standard InChI is InChI=1S/C25H21N9O2S/c26-23(27-17-11-13-21(14-12-17)36-20-9-5-2-6-10-20)30-24-28-18(15-22(35)29-24)16-37-25-31-32-33-34(25)19-7-3-1-4-8-19/h1-15H,16H2,(H4,26,27,28,29,30,35). The van der Waals surface area contributed by atoms with Crippen molar-refractivity contribution in [3.05, 3.63) is 107 Å². The Bertz CT molecular complexity index is 1550. The topological polar surface area (TPSA) is 149 Å². The van der Waals surface area contributed by atoms with E-state index in [-0.39, 0.29) is 17.5 Å². The third-order valence-electron chi connectivity index (χ3n) is 4.91. The minimum absolute atomic E-state index is 0.0673. The number of aliphatic imine (C=N–C) groups is 1. The molecule has 2 aromatic heterocycles. The largest absolute Gasteiger partial charge is 0.457 e. The van der Waals surface area contributed by atoms with E-state index in [1.807, 2.05) is 72.8 Å². The first-order valence-corrected chi connectivity index (χ1v) is 12.1. The predicted octanol–water partition coefficient (Wildman–Crippen LogP) is 3.89. The van der Waals surface area contributed by atoms with Crippen LogP contribution in [0.25, 0.3) is 5.69 Å². The first kappa shape index (κ1) is 23.8. The van der Waals surface area contributed by atoms with Crippen molar-refractivity contribution in [1.29, 1.82) is 0 Å². The van der Waals surface area contributed by atoms with E-state index >= 15 is 0 Å². The molecule has 0 amide bonds. The van der Waals surface area contributed by atoms with Crippen LogP contribution < -0.4 is 21.3 Å². The Morgan fingerprint density at radius 1 is 1.00 bits per heavy atom. The zero-order chi connectivity index (χ0) is 25.5. The van der Waals surface area contributed by atoms with Gasteiger partial charge in [-0.25, -0.2) is 4.98 Å². The van der Waals surface area contributed by atoms with E-state index in [2.05, 4.69) is 35.8 Å². The number of hydrogen-bond acceptors (Lipinski definition) is 8. The van der Waals surface area contributed by atoms with Crippen LogP contribution in [-0.4, -0.2) is 36.1 Å². The van der Waals surface area contributed by atoms with Gasteiger partial charge in [0, 0.05) is 17.5 Å². The lowest BCUT2D eigenvalue weighted by atomic mass is 10.3. The van der Waals surface area contributed by atoms with Crippen molar-refractivity contribution < 1.29 is 4.74 Å². The van der Waals surface area contributed by atoms with Crippen molar-refractivity contribution in [3.8, 4) is 17.2 Å². The minimum atomic E-state index is -0.345. The van der Waals surface area contributed by atoms with Gasteiger partial charge in [-0.3, -0.25) is 9.78 Å². The number of guanidine groups is 1. The van der Waals surface area contributed by atoms with Crippen LogP contribution in [0.1, 0.15) is 5.69 Å². The zero-order valence-corrected chi connectivity index (χ0v) is 20.2. The van der Waals surface area contributed by atoms with E-state index in [0.29, 0.717) is 28.0 Å². The summed E-state index contributed by atoms with van der Waals surface area (Å²) in [6, 6.07) is 27.6. The highest BCUT2D eigenvalue weighted by Crippen LogP contribution is 2.23. The summed E-state index contributed by atoms with van der Waals surface area (Å²) in [4.78, 5) is 23.4. The lowest BCUT2D eigenvalue weighted by molar-refractivity contribution is 0.483. The normalized spacial score (nSPS) is 11.3. The molecule has 0 unspecified atom stereocenters. The quantitative estimate of drug-likeness (QED) is 0.160. The van der Waals surface area contributed by atoms with Gasteiger partial charge in [-0.15, -0.1) is 5.10 Å². The summed E-state index contributed by atoms with van der Waals surface area (Å²) in [5.41, 5.74) is 7.73. The summed E-state index contributed by atoms with van der Waals surface area (Å²) in [5.74, 6) is 1.93. The van der Waals surface area contributed by atoms with Crippen LogP contribution in [0, 0.1) is 0 Å². The summed E-state index contributed by atoms with van der Waals surface area (Å²) < 4.78 is 7.41. The van der Waals surface area contributed by atoms with Crippen LogP contribution in [-0.2, 0) is 5.75 Å². The van der Waals surface area contributed by atoms with E-state index in [1.54, 1.807) is 16.8 Å². The molecule has 5 rings (SSSR count). The van der Waals surface area contributed by atoms with Gasteiger partial charge in [-0.1, -0.05) is 48.2 Å². The van der Waals surface area contributed by atoms with E-state index in [1.165, 1.54) is 17.8 Å². The molecule has 0 radical (unpaired) electrons. The molecular weight excluding hydrogens is 490 g/mol. The van der Waals surface area contributed by atoms with Crippen LogP contribution in [0.4, 0.5) is 11.6 Å². The van der Waals surface area contributed by atoms with Crippen molar-refractivity contribution in [2.24, 2.45) is 10.7 Å². The van der Waals surface area contributed by atoms with Gasteiger partial charge in [0.15, 0.2) is 0 Å². The number of anilines is 1. The van der Waals surface area contributed by atoms with Crippen molar-refractivity contribution in [2.45, 2.75) is 10.9 Å². The average Bonchev–Trinajstić information content (AvgIpc) is 3.38. The lowest BCUT2D eigenvalue weighted by Gasteiger charge is -2.08. The first-order chi connectivity index (χ1) is 18.1.